The summed E-state index contributed by atoms with van der Waals surface area (Å²) in [7, 11) is 0. The molecule has 104 valence electrons. The molecule has 0 unspecified atom stereocenters. The lowest BCUT2D eigenvalue weighted by Gasteiger charge is -2.06. The number of benzene rings is 1. The summed E-state index contributed by atoms with van der Waals surface area (Å²) in [6.07, 6.45) is 1.28. The van der Waals surface area contributed by atoms with Crippen LogP contribution in [0.15, 0.2) is 12.1 Å². The lowest BCUT2D eigenvalue weighted by molar-refractivity contribution is -0.385. The lowest BCUT2D eigenvalue weighted by atomic mass is 10.1. The van der Waals surface area contributed by atoms with E-state index in [-0.39, 0.29) is 6.54 Å². The largest absolute Gasteiger partial charge is 0.352 e. The van der Waals surface area contributed by atoms with Crippen molar-refractivity contribution in [1.29, 1.82) is 0 Å². The van der Waals surface area contributed by atoms with Gasteiger partial charge in [0.25, 0.3) is 11.6 Å². The molecule has 1 rings (SSSR count). The molecule has 1 amide bonds. The van der Waals surface area contributed by atoms with E-state index in [9.17, 15) is 23.7 Å². The van der Waals surface area contributed by atoms with E-state index in [2.05, 4.69) is 5.32 Å². The quantitative estimate of drug-likeness (QED) is 0.464. The molecule has 1 aromatic carbocycles. The van der Waals surface area contributed by atoms with Crippen LogP contribution in [0.25, 0.3) is 0 Å². The van der Waals surface area contributed by atoms with Gasteiger partial charge >= 0.3 is 0 Å². The molecule has 0 saturated carbocycles. The van der Waals surface area contributed by atoms with E-state index in [1.54, 1.807) is 0 Å². The van der Waals surface area contributed by atoms with E-state index >= 15 is 0 Å². The fourth-order valence-corrected chi connectivity index (χ4v) is 1.44. The molecular weight excluding hydrogens is 260 g/mol. The van der Waals surface area contributed by atoms with Crippen LogP contribution in [-0.4, -0.2) is 23.9 Å². The van der Waals surface area contributed by atoms with E-state index in [1.807, 2.05) is 0 Å². The van der Waals surface area contributed by atoms with Gasteiger partial charge in [-0.05, 0) is 25.5 Å². The minimum atomic E-state index is -1.37. The molecule has 0 aliphatic carbocycles. The molecule has 0 aromatic heterocycles. The number of amides is 1. The van der Waals surface area contributed by atoms with Crippen molar-refractivity contribution in [3.05, 3.63) is 39.4 Å². The highest BCUT2D eigenvalue weighted by molar-refractivity contribution is 5.98. The van der Waals surface area contributed by atoms with Crippen molar-refractivity contribution in [2.45, 2.75) is 12.8 Å². The number of carbonyl (C=O) groups excluding carboxylic acids is 1. The number of nitro benzene ring substituents is 1. The molecule has 0 saturated heterocycles. The minimum absolute atomic E-state index is 0.256. The van der Waals surface area contributed by atoms with Gasteiger partial charge in [0.2, 0.25) is 0 Å². The van der Waals surface area contributed by atoms with Crippen molar-refractivity contribution in [2.24, 2.45) is 5.73 Å². The molecule has 6 nitrogen and oxygen atoms in total. The second-order valence-electron chi connectivity index (χ2n) is 3.79. The van der Waals surface area contributed by atoms with E-state index in [4.69, 9.17) is 5.73 Å². The molecule has 0 aliphatic rings. The van der Waals surface area contributed by atoms with Crippen molar-refractivity contribution >= 4 is 11.6 Å². The van der Waals surface area contributed by atoms with Crippen LogP contribution in [0.4, 0.5) is 14.5 Å². The van der Waals surface area contributed by atoms with Crippen LogP contribution in [-0.2, 0) is 0 Å². The zero-order chi connectivity index (χ0) is 14.4. The first-order chi connectivity index (χ1) is 8.97. The fourth-order valence-electron chi connectivity index (χ4n) is 1.44. The predicted octanol–water partition coefficient (Wildman–Crippen LogP) is 1.34. The van der Waals surface area contributed by atoms with Gasteiger partial charge in [0.15, 0.2) is 11.6 Å². The van der Waals surface area contributed by atoms with Gasteiger partial charge in [-0.15, -0.1) is 0 Å². The first kappa shape index (κ1) is 15.0. The maximum atomic E-state index is 13.0. The van der Waals surface area contributed by atoms with Crippen molar-refractivity contribution in [1.82, 2.24) is 5.32 Å². The third-order valence-corrected chi connectivity index (χ3v) is 2.40. The van der Waals surface area contributed by atoms with Gasteiger partial charge < -0.3 is 11.1 Å². The van der Waals surface area contributed by atoms with E-state index in [0.29, 0.717) is 31.5 Å². The number of unbranched alkanes of at least 4 members (excludes halogenated alkanes) is 1. The molecule has 0 heterocycles. The van der Waals surface area contributed by atoms with Gasteiger partial charge in [0, 0.05) is 6.54 Å². The van der Waals surface area contributed by atoms with Crippen LogP contribution >= 0.6 is 0 Å². The molecule has 0 fully saturated rings. The van der Waals surface area contributed by atoms with Gasteiger partial charge in [-0.25, -0.2) is 8.78 Å². The molecule has 0 spiro atoms. The first-order valence-electron chi connectivity index (χ1n) is 5.59. The second-order valence-corrected chi connectivity index (χ2v) is 3.79. The number of carbonyl (C=O) groups is 1. The Morgan fingerprint density at radius 2 is 1.95 bits per heavy atom. The van der Waals surface area contributed by atoms with Crippen LogP contribution in [0.5, 0.6) is 0 Å². The van der Waals surface area contributed by atoms with Crippen LogP contribution in [0.3, 0.4) is 0 Å². The fraction of sp³-hybridized carbons (Fsp3) is 0.364. The van der Waals surface area contributed by atoms with E-state index in [0.717, 1.165) is 0 Å². The SMILES string of the molecule is NCCCCNC(=O)c1cc(F)c(F)cc1[N+](=O)[O-]. The van der Waals surface area contributed by atoms with Crippen LogP contribution in [0.1, 0.15) is 23.2 Å². The predicted molar refractivity (Wildman–Crippen MR) is 63.6 cm³/mol. The summed E-state index contributed by atoms with van der Waals surface area (Å²) < 4.78 is 25.9. The number of nitro groups is 1. The van der Waals surface area contributed by atoms with Crippen molar-refractivity contribution in [3.8, 4) is 0 Å². The molecule has 1 aromatic rings. The van der Waals surface area contributed by atoms with E-state index in [1.165, 1.54) is 0 Å². The monoisotopic (exact) mass is 273 g/mol. The lowest BCUT2D eigenvalue weighted by Crippen LogP contribution is -2.26. The summed E-state index contributed by atoms with van der Waals surface area (Å²) in [4.78, 5) is 21.4. The Morgan fingerprint density at radius 3 is 2.53 bits per heavy atom. The van der Waals surface area contributed by atoms with Crippen molar-refractivity contribution in [2.75, 3.05) is 13.1 Å². The highest BCUT2D eigenvalue weighted by atomic mass is 19.2. The normalized spacial score (nSPS) is 10.3. The molecule has 0 atom stereocenters. The molecule has 8 heteroatoms. The zero-order valence-corrected chi connectivity index (χ0v) is 9.99. The highest BCUT2D eigenvalue weighted by Gasteiger charge is 2.23. The topological polar surface area (TPSA) is 98.3 Å². The smallest absolute Gasteiger partial charge is 0.285 e. The number of nitrogens with one attached hydrogen (secondary N) is 1. The Bertz CT molecular complexity index is 494. The molecule has 19 heavy (non-hydrogen) atoms. The average Bonchev–Trinajstić information content (AvgIpc) is 2.36. The Hall–Kier alpha value is -2.09. The van der Waals surface area contributed by atoms with Gasteiger partial charge in [-0.1, -0.05) is 0 Å². The average molecular weight is 273 g/mol. The Balaban J connectivity index is 2.89. The Labute approximate surface area is 107 Å². The summed E-state index contributed by atoms with van der Waals surface area (Å²) in [5.74, 6) is -3.49. The van der Waals surface area contributed by atoms with Crippen LogP contribution in [0, 0.1) is 21.7 Å². The minimum Gasteiger partial charge on any atom is -0.352 e. The Kier molecular flexibility index (Phi) is 5.31. The van der Waals surface area contributed by atoms with Crippen molar-refractivity contribution in [3.63, 3.8) is 0 Å². The number of halogens is 2. The molecular formula is C11H13F2N3O3. The van der Waals surface area contributed by atoms with Crippen LogP contribution < -0.4 is 11.1 Å². The van der Waals surface area contributed by atoms with E-state index < -0.39 is 33.7 Å². The van der Waals surface area contributed by atoms with Gasteiger partial charge in [0.1, 0.15) is 5.56 Å². The summed E-state index contributed by atoms with van der Waals surface area (Å²) in [6.45, 7) is 0.716. The third-order valence-electron chi connectivity index (χ3n) is 2.40. The zero-order valence-electron chi connectivity index (χ0n) is 9.99. The maximum absolute atomic E-state index is 13.0. The maximum Gasteiger partial charge on any atom is 0.285 e. The summed E-state index contributed by atoms with van der Waals surface area (Å²) >= 11 is 0. The van der Waals surface area contributed by atoms with Crippen molar-refractivity contribution < 1.29 is 18.5 Å². The highest BCUT2D eigenvalue weighted by Crippen LogP contribution is 2.22. The Morgan fingerprint density at radius 1 is 1.32 bits per heavy atom. The van der Waals surface area contributed by atoms with Gasteiger partial charge in [-0.3, -0.25) is 14.9 Å². The summed E-state index contributed by atoms with van der Waals surface area (Å²) in [5, 5.41) is 13.1. The number of hydrogen-bond donors (Lipinski definition) is 2. The summed E-state index contributed by atoms with van der Waals surface area (Å²) in [5.41, 5.74) is 3.99. The van der Waals surface area contributed by atoms with Crippen LogP contribution in [0.2, 0.25) is 0 Å². The standard InChI is InChI=1S/C11H13F2N3O3/c12-8-5-7(10(16(18)19)6-9(8)13)11(17)15-4-2-1-3-14/h5-6H,1-4,14H2,(H,15,17). The third kappa shape index (κ3) is 3.95. The number of hydrogen-bond acceptors (Lipinski definition) is 4. The first-order valence-corrected chi connectivity index (χ1v) is 5.59. The van der Waals surface area contributed by atoms with Gasteiger partial charge in [0.05, 0.1) is 11.0 Å². The molecule has 3 N–H and O–H groups in total. The molecule has 0 aliphatic heterocycles. The van der Waals surface area contributed by atoms with Gasteiger partial charge in [-0.2, -0.15) is 0 Å². The number of nitrogens with zero attached hydrogens (tertiary/aromatic N) is 1. The molecule has 0 bridgehead atoms. The number of nitrogens with two attached hydrogens (primary N) is 1. The summed E-state index contributed by atoms with van der Waals surface area (Å²) in [6, 6.07) is 0.913. The number of rotatable bonds is 6. The molecule has 0 radical (unpaired) electrons. The second kappa shape index (κ2) is 6.74.